The maximum atomic E-state index is 2.61. The minimum absolute atomic E-state index is 1.24. The van der Waals surface area contributed by atoms with E-state index in [-0.39, 0.29) is 0 Å². The number of fused-ring (bicyclic) bond motifs is 3. The van der Waals surface area contributed by atoms with Crippen LogP contribution in [0.3, 0.4) is 0 Å². The van der Waals surface area contributed by atoms with E-state index in [0.717, 1.165) is 0 Å². The first-order valence-electron chi connectivity index (χ1n) is 5.63. The molecule has 0 spiro atoms. The summed E-state index contributed by atoms with van der Waals surface area (Å²) in [5, 5.41) is 0. The number of aromatic nitrogens is 1. The van der Waals surface area contributed by atoms with Crippen LogP contribution in [0, 0.1) is 0 Å². The number of hydrogen-bond acceptors (Lipinski definition) is 0. The molecule has 1 aromatic heterocycles. The molecule has 0 saturated carbocycles. The highest BCUT2D eigenvalue weighted by atomic mass is 15.0. The summed E-state index contributed by atoms with van der Waals surface area (Å²) >= 11 is 0. The summed E-state index contributed by atoms with van der Waals surface area (Å²) in [5.41, 5.74) is 6.84. The molecule has 13 heavy (non-hydrogen) atoms. The maximum Gasteiger partial charge on any atom is 0.0228 e. The fraction of sp³-hybridized carbons (Fsp3) is 0.667. The van der Waals surface area contributed by atoms with Gasteiger partial charge in [0, 0.05) is 17.9 Å². The molecule has 1 aromatic rings. The summed E-state index contributed by atoms with van der Waals surface area (Å²) in [6.07, 6.45) is 8.11. The van der Waals surface area contributed by atoms with Crippen LogP contribution in [0.5, 0.6) is 0 Å². The molecule has 1 aliphatic heterocycles. The van der Waals surface area contributed by atoms with Gasteiger partial charge in [-0.1, -0.05) is 6.92 Å². The lowest BCUT2D eigenvalue weighted by molar-refractivity contribution is 0.700. The first-order chi connectivity index (χ1) is 6.42. The topological polar surface area (TPSA) is 4.93 Å². The minimum atomic E-state index is 1.24. The molecular weight excluding hydrogens is 158 g/mol. The van der Waals surface area contributed by atoms with Crippen LogP contribution in [-0.2, 0) is 32.2 Å². The van der Waals surface area contributed by atoms with Crippen LogP contribution >= 0.6 is 0 Å². The number of nitrogens with zero attached hydrogens (tertiary/aromatic N) is 1. The van der Waals surface area contributed by atoms with E-state index in [9.17, 15) is 0 Å². The molecule has 1 heteroatoms. The Labute approximate surface area is 79.8 Å². The van der Waals surface area contributed by atoms with Crippen molar-refractivity contribution in [3.05, 3.63) is 22.5 Å². The largest absolute Gasteiger partial charge is 0.348 e. The van der Waals surface area contributed by atoms with Gasteiger partial charge in [0.15, 0.2) is 0 Å². The average molecular weight is 175 g/mol. The minimum Gasteiger partial charge on any atom is -0.348 e. The first-order valence-corrected chi connectivity index (χ1v) is 5.63. The van der Waals surface area contributed by atoms with Crippen LogP contribution in [0.25, 0.3) is 0 Å². The fourth-order valence-electron chi connectivity index (χ4n) is 3.23. The zero-order valence-corrected chi connectivity index (χ0v) is 8.40. The highest BCUT2D eigenvalue weighted by molar-refractivity contribution is 5.43. The SMILES string of the molecule is CCc1c2c(c3n1CCC3)CCC2. The normalized spacial score (nSPS) is 19.2. The Morgan fingerprint density at radius 1 is 1.08 bits per heavy atom. The summed E-state index contributed by atoms with van der Waals surface area (Å²) in [7, 11) is 0. The van der Waals surface area contributed by atoms with Crippen molar-refractivity contribution in [1.29, 1.82) is 0 Å². The molecule has 0 atom stereocenters. The molecule has 1 aliphatic carbocycles. The lowest BCUT2D eigenvalue weighted by Crippen LogP contribution is -2.00. The van der Waals surface area contributed by atoms with Crippen LogP contribution in [-0.4, -0.2) is 4.57 Å². The second-order valence-electron chi connectivity index (χ2n) is 4.31. The van der Waals surface area contributed by atoms with Crippen LogP contribution < -0.4 is 0 Å². The third kappa shape index (κ3) is 0.877. The second kappa shape index (κ2) is 2.63. The van der Waals surface area contributed by atoms with Gasteiger partial charge in [-0.3, -0.25) is 0 Å². The Kier molecular flexibility index (Phi) is 1.55. The van der Waals surface area contributed by atoms with Crippen LogP contribution in [0.15, 0.2) is 0 Å². The highest BCUT2D eigenvalue weighted by Crippen LogP contribution is 2.35. The zero-order valence-electron chi connectivity index (χ0n) is 8.40. The van der Waals surface area contributed by atoms with E-state index in [1.54, 1.807) is 22.5 Å². The molecule has 0 bridgehead atoms. The van der Waals surface area contributed by atoms with Crippen LogP contribution in [0.1, 0.15) is 42.3 Å². The molecule has 0 radical (unpaired) electrons. The molecule has 2 aliphatic rings. The standard InChI is InChI=1S/C12H17N/c1-2-11-9-5-3-6-10(9)12-7-4-8-13(11)12/h2-8H2,1H3. The Morgan fingerprint density at radius 2 is 1.92 bits per heavy atom. The predicted molar refractivity (Wildman–Crippen MR) is 54.2 cm³/mol. The Morgan fingerprint density at radius 3 is 2.77 bits per heavy atom. The Bertz CT molecular complexity index is 296. The molecule has 70 valence electrons. The molecule has 0 saturated heterocycles. The quantitative estimate of drug-likeness (QED) is 0.618. The van der Waals surface area contributed by atoms with E-state index < -0.39 is 0 Å². The van der Waals surface area contributed by atoms with Crippen molar-refractivity contribution in [1.82, 2.24) is 4.57 Å². The monoisotopic (exact) mass is 175 g/mol. The van der Waals surface area contributed by atoms with Crippen molar-refractivity contribution in [3.8, 4) is 0 Å². The lowest BCUT2D eigenvalue weighted by atomic mass is 10.1. The van der Waals surface area contributed by atoms with Gasteiger partial charge in [-0.2, -0.15) is 0 Å². The van der Waals surface area contributed by atoms with Crippen LogP contribution in [0.4, 0.5) is 0 Å². The maximum absolute atomic E-state index is 2.61. The Balaban J connectivity index is 2.23. The van der Waals surface area contributed by atoms with Gasteiger partial charge in [0.05, 0.1) is 0 Å². The molecule has 1 nitrogen and oxygen atoms in total. The number of hydrogen-bond donors (Lipinski definition) is 0. The van der Waals surface area contributed by atoms with Crippen molar-refractivity contribution >= 4 is 0 Å². The second-order valence-corrected chi connectivity index (χ2v) is 4.31. The first kappa shape index (κ1) is 7.66. The summed E-state index contributed by atoms with van der Waals surface area (Å²) in [4.78, 5) is 0. The van der Waals surface area contributed by atoms with Crippen molar-refractivity contribution in [2.24, 2.45) is 0 Å². The van der Waals surface area contributed by atoms with Crippen LogP contribution in [0.2, 0.25) is 0 Å². The predicted octanol–water partition coefficient (Wildman–Crippen LogP) is 2.49. The van der Waals surface area contributed by atoms with Gasteiger partial charge < -0.3 is 4.57 Å². The van der Waals surface area contributed by atoms with E-state index in [4.69, 9.17) is 0 Å². The summed E-state index contributed by atoms with van der Waals surface area (Å²) in [6.45, 7) is 3.60. The van der Waals surface area contributed by atoms with E-state index in [2.05, 4.69) is 11.5 Å². The molecule has 0 fully saturated rings. The van der Waals surface area contributed by atoms with Crippen molar-refractivity contribution in [3.63, 3.8) is 0 Å². The summed E-state index contributed by atoms with van der Waals surface area (Å²) < 4.78 is 2.61. The van der Waals surface area contributed by atoms with Gasteiger partial charge in [-0.25, -0.2) is 0 Å². The average Bonchev–Trinajstić information content (AvgIpc) is 2.71. The van der Waals surface area contributed by atoms with Gasteiger partial charge in [-0.05, 0) is 49.7 Å². The third-order valence-electron chi connectivity index (χ3n) is 3.70. The van der Waals surface area contributed by atoms with Crippen molar-refractivity contribution in [2.45, 2.75) is 52.0 Å². The molecule has 0 amide bonds. The highest BCUT2D eigenvalue weighted by Gasteiger charge is 2.26. The molecule has 3 rings (SSSR count). The summed E-state index contributed by atoms with van der Waals surface area (Å²) in [5.74, 6) is 0. The molecule has 2 heterocycles. The van der Waals surface area contributed by atoms with Crippen molar-refractivity contribution < 1.29 is 0 Å². The van der Waals surface area contributed by atoms with Gasteiger partial charge >= 0.3 is 0 Å². The molecule has 0 aromatic carbocycles. The molecule has 0 unspecified atom stereocenters. The smallest absolute Gasteiger partial charge is 0.0228 e. The number of rotatable bonds is 1. The van der Waals surface area contributed by atoms with Gasteiger partial charge in [-0.15, -0.1) is 0 Å². The summed E-state index contributed by atoms with van der Waals surface area (Å²) in [6, 6.07) is 0. The van der Waals surface area contributed by atoms with E-state index in [0.29, 0.717) is 0 Å². The third-order valence-corrected chi connectivity index (χ3v) is 3.70. The van der Waals surface area contributed by atoms with Gasteiger partial charge in [0.25, 0.3) is 0 Å². The Hall–Kier alpha value is -0.720. The molecule has 0 N–H and O–H groups in total. The van der Waals surface area contributed by atoms with Gasteiger partial charge in [0.2, 0.25) is 0 Å². The van der Waals surface area contributed by atoms with E-state index >= 15 is 0 Å². The fourth-order valence-corrected chi connectivity index (χ4v) is 3.23. The van der Waals surface area contributed by atoms with Gasteiger partial charge in [0.1, 0.15) is 0 Å². The molecular formula is C12H17N. The van der Waals surface area contributed by atoms with Crippen molar-refractivity contribution in [2.75, 3.05) is 0 Å². The zero-order chi connectivity index (χ0) is 8.84. The van der Waals surface area contributed by atoms with E-state index in [1.807, 2.05) is 0 Å². The lowest BCUT2D eigenvalue weighted by Gasteiger charge is -2.05. The van der Waals surface area contributed by atoms with E-state index in [1.165, 1.54) is 45.1 Å².